The molecule has 0 aromatic heterocycles. The second kappa shape index (κ2) is 12.0. The van der Waals surface area contributed by atoms with Crippen molar-refractivity contribution in [2.45, 2.75) is 52.7 Å². The van der Waals surface area contributed by atoms with Gasteiger partial charge >= 0.3 is 6.09 Å². The van der Waals surface area contributed by atoms with E-state index >= 15 is 0 Å². The Bertz CT molecular complexity index is 568. The van der Waals surface area contributed by atoms with Crippen LogP contribution in [0.5, 0.6) is 0 Å². The molecule has 168 valence electrons. The first-order chi connectivity index (χ1) is 13.2. The van der Waals surface area contributed by atoms with Gasteiger partial charge in [0.2, 0.25) is 0 Å². The summed E-state index contributed by atoms with van der Waals surface area (Å²) in [6, 6.07) is 0.606. The topological polar surface area (TPSA) is 60.4 Å². The molecule has 2 aliphatic heterocycles. The van der Waals surface area contributed by atoms with Crippen LogP contribution in [-0.2, 0) is 4.74 Å². The number of amides is 1. The van der Waals surface area contributed by atoms with Gasteiger partial charge in [-0.25, -0.2) is 4.79 Å². The van der Waals surface area contributed by atoms with Gasteiger partial charge in [-0.2, -0.15) is 0 Å². The summed E-state index contributed by atoms with van der Waals surface area (Å²) in [4.78, 5) is 23.6. The molecule has 0 aromatic rings. The highest BCUT2D eigenvalue weighted by Crippen LogP contribution is 2.18. The molecule has 29 heavy (non-hydrogen) atoms. The third-order valence-electron chi connectivity index (χ3n) is 5.00. The van der Waals surface area contributed by atoms with E-state index in [1.54, 1.807) is 11.9 Å². The summed E-state index contributed by atoms with van der Waals surface area (Å²) in [5.74, 6) is 1.25. The second-order valence-corrected chi connectivity index (χ2v) is 8.97. The Kier molecular flexibility index (Phi) is 10.7. The maximum Gasteiger partial charge on any atom is 0.410 e. The molecule has 7 nitrogen and oxygen atoms in total. The van der Waals surface area contributed by atoms with E-state index < -0.39 is 5.60 Å². The quantitative estimate of drug-likeness (QED) is 0.252. The zero-order valence-corrected chi connectivity index (χ0v) is 21.3. The highest BCUT2D eigenvalue weighted by atomic mass is 127. The van der Waals surface area contributed by atoms with Crippen LogP contribution in [0.15, 0.2) is 17.1 Å². The molecular formula is C21H40IN5O2. The Hall–Kier alpha value is -1.03. The minimum absolute atomic E-state index is 0. The second-order valence-electron chi connectivity index (χ2n) is 8.97. The maximum atomic E-state index is 12.1. The van der Waals surface area contributed by atoms with Crippen LogP contribution in [0.2, 0.25) is 0 Å². The molecule has 2 rings (SSSR count). The number of rotatable bonds is 6. The van der Waals surface area contributed by atoms with Crippen molar-refractivity contribution in [3.05, 3.63) is 12.2 Å². The van der Waals surface area contributed by atoms with Crippen LogP contribution in [-0.4, -0.2) is 91.3 Å². The van der Waals surface area contributed by atoms with Crippen LogP contribution in [0.4, 0.5) is 4.79 Å². The van der Waals surface area contributed by atoms with Gasteiger partial charge < -0.3 is 19.9 Å². The lowest BCUT2D eigenvalue weighted by Gasteiger charge is -2.27. The Morgan fingerprint density at radius 1 is 1.34 bits per heavy atom. The maximum absolute atomic E-state index is 12.1. The van der Waals surface area contributed by atoms with E-state index in [9.17, 15) is 4.79 Å². The molecule has 0 aromatic carbocycles. The molecule has 0 radical (unpaired) electrons. The van der Waals surface area contributed by atoms with Crippen molar-refractivity contribution in [1.29, 1.82) is 0 Å². The van der Waals surface area contributed by atoms with Crippen LogP contribution >= 0.6 is 24.0 Å². The zero-order chi connectivity index (χ0) is 20.7. The van der Waals surface area contributed by atoms with Crippen molar-refractivity contribution in [3.8, 4) is 0 Å². The summed E-state index contributed by atoms with van der Waals surface area (Å²) < 4.78 is 5.43. The van der Waals surface area contributed by atoms with Crippen molar-refractivity contribution >= 4 is 36.0 Å². The van der Waals surface area contributed by atoms with Crippen LogP contribution in [0, 0.1) is 5.92 Å². The van der Waals surface area contributed by atoms with Crippen molar-refractivity contribution in [1.82, 2.24) is 20.0 Å². The van der Waals surface area contributed by atoms with Crippen LogP contribution in [0.25, 0.3) is 0 Å². The van der Waals surface area contributed by atoms with Gasteiger partial charge in [-0.1, -0.05) is 19.1 Å². The van der Waals surface area contributed by atoms with E-state index in [2.05, 4.69) is 41.1 Å². The predicted octanol–water partition coefficient (Wildman–Crippen LogP) is 3.02. The van der Waals surface area contributed by atoms with Gasteiger partial charge in [-0.3, -0.25) is 9.89 Å². The number of carbonyl (C=O) groups excluding carboxylic acids is 1. The average Bonchev–Trinajstić information content (AvgIpc) is 3.27. The molecule has 1 amide bonds. The van der Waals surface area contributed by atoms with E-state index in [1.807, 2.05) is 20.8 Å². The number of aliphatic imine (C=N–C) groups is 1. The molecule has 1 N–H and O–H groups in total. The third-order valence-corrected chi connectivity index (χ3v) is 5.00. The number of nitrogens with zero attached hydrogens (tertiary/aromatic N) is 4. The molecule has 0 aliphatic carbocycles. The molecule has 1 fully saturated rings. The van der Waals surface area contributed by atoms with Crippen LogP contribution in [0.1, 0.15) is 41.0 Å². The number of hydrogen-bond acceptors (Lipinski definition) is 4. The van der Waals surface area contributed by atoms with E-state index in [1.165, 1.54) is 6.42 Å². The van der Waals surface area contributed by atoms with Gasteiger partial charge in [0.1, 0.15) is 5.60 Å². The minimum Gasteiger partial charge on any atom is -0.444 e. The third kappa shape index (κ3) is 8.70. The highest BCUT2D eigenvalue weighted by molar-refractivity contribution is 14.0. The van der Waals surface area contributed by atoms with Gasteiger partial charge in [-0.15, -0.1) is 24.0 Å². The summed E-state index contributed by atoms with van der Waals surface area (Å²) >= 11 is 0. The molecule has 8 heteroatoms. The predicted molar refractivity (Wildman–Crippen MR) is 130 cm³/mol. The minimum atomic E-state index is -0.470. The lowest BCUT2D eigenvalue weighted by atomic mass is 10.2. The monoisotopic (exact) mass is 521 g/mol. The first-order valence-corrected chi connectivity index (χ1v) is 10.6. The Morgan fingerprint density at radius 3 is 2.59 bits per heavy atom. The molecular weight excluding hydrogens is 481 g/mol. The first kappa shape index (κ1) is 26.0. The zero-order valence-electron chi connectivity index (χ0n) is 19.0. The van der Waals surface area contributed by atoms with Crippen LogP contribution < -0.4 is 5.32 Å². The lowest BCUT2D eigenvalue weighted by Crippen LogP contribution is -2.43. The molecule has 2 aliphatic rings. The van der Waals surface area contributed by atoms with Gasteiger partial charge in [0.25, 0.3) is 0 Å². The van der Waals surface area contributed by atoms with Gasteiger partial charge in [0.15, 0.2) is 5.96 Å². The number of carbonyl (C=O) groups is 1. The molecule has 0 saturated carbocycles. The number of hydrogen-bond donors (Lipinski definition) is 1. The Labute approximate surface area is 193 Å². The Morgan fingerprint density at radius 2 is 2.00 bits per heavy atom. The van der Waals surface area contributed by atoms with Crippen molar-refractivity contribution < 1.29 is 9.53 Å². The van der Waals surface area contributed by atoms with Crippen LogP contribution in [0.3, 0.4) is 0 Å². The number of guanidine groups is 1. The molecule has 1 saturated heterocycles. The highest BCUT2D eigenvalue weighted by Gasteiger charge is 2.29. The standard InChI is InChI=1S/C21H39N5O2.HI/c1-7-22-19(26-13-10-18(16-26)25-11-8-9-12-25)23-14-17(2)15-24(6)20(27)28-21(3,4)5;/h8-9,17-18H,7,10-16H2,1-6H3,(H,22,23);1H. The normalized spacial score (nSPS) is 21.1. The molecule has 0 bridgehead atoms. The van der Waals surface area contributed by atoms with E-state index in [0.29, 0.717) is 19.1 Å². The summed E-state index contributed by atoms with van der Waals surface area (Å²) in [6.07, 6.45) is 5.41. The summed E-state index contributed by atoms with van der Waals surface area (Å²) in [7, 11) is 1.79. The molecule has 2 unspecified atom stereocenters. The fourth-order valence-electron chi connectivity index (χ4n) is 3.63. The number of ether oxygens (including phenoxy) is 1. The largest absolute Gasteiger partial charge is 0.444 e. The summed E-state index contributed by atoms with van der Waals surface area (Å²) in [5.41, 5.74) is -0.470. The molecule has 2 heterocycles. The molecule has 0 spiro atoms. The number of nitrogens with one attached hydrogen (secondary N) is 1. The van der Waals surface area contributed by atoms with E-state index in [0.717, 1.165) is 38.7 Å². The summed E-state index contributed by atoms with van der Waals surface area (Å²) in [6.45, 7) is 16.3. The lowest BCUT2D eigenvalue weighted by molar-refractivity contribution is 0.0279. The molecule has 2 atom stereocenters. The fraction of sp³-hybridized carbons (Fsp3) is 0.810. The van der Waals surface area contributed by atoms with Gasteiger partial charge in [-0.05, 0) is 40.0 Å². The Balaban J connectivity index is 0.00000420. The first-order valence-electron chi connectivity index (χ1n) is 10.6. The average molecular weight is 521 g/mol. The fourth-order valence-corrected chi connectivity index (χ4v) is 3.63. The smallest absolute Gasteiger partial charge is 0.410 e. The summed E-state index contributed by atoms with van der Waals surface area (Å²) in [5, 5.41) is 3.43. The van der Waals surface area contributed by atoms with Crippen molar-refractivity contribution in [2.24, 2.45) is 10.9 Å². The number of halogens is 1. The van der Waals surface area contributed by atoms with E-state index in [-0.39, 0.29) is 36.0 Å². The van der Waals surface area contributed by atoms with Gasteiger partial charge in [0, 0.05) is 58.9 Å². The van der Waals surface area contributed by atoms with Crippen molar-refractivity contribution in [2.75, 3.05) is 52.9 Å². The number of likely N-dealkylation sites (tertiary alicyclic amines) is 1. The van der Waals surface area contributed by atoms with Gasteiger partial charge in [0.05, 0.1) is 0 Å². The van der Waals surface area contributed by atoms with Crippen molar-refractivity contribution in [3.63, 3.8) is 0 Å². The SMILES string of the molecule is CCNC(=NCC(C)CN(C)C(=O)OC(C)(C)C)N1CCC(N2CC=CC2)C1.I. The van der Waals surface area contributed by atoms with E-state index in [4.69, 9.17) is 9.73 Å².